The van der Waals surface area contributed by atoms with Crippen LogP contribution in [0.25, 0.3) is 0 Å². The van der Waals surface area contributed by atoms with E-state index in [1.165, 1.54) is 0 Å². The number of hydrogen-bond donors (Lipinski definition) is 1. The monoisotopic (exact) mass is 467 g/mol. The van der Waals surface area contributed by atoms with Crippen LogP contribution in [-0.2, 0) is 10.0 Å². The lowest BCUT2D eigenvalue weighted by atomic mass is 10.2. The minimum Gasteiger partial charge on any atom is -0.486 e. The minimum atomic E-state index is -3.85. The van der Waals surface area contributed by atoms with Gasteiger partial charge < -0.3 is 14.4 Å². The average molecular weight is 468 g/mol. The number of para-hydroxylation sites is 1. The highest BCUT2D eigenvalue weighted by Gasteiger charge is 2.23. The third-order valence-electron chi connectivity index (χ3n) is 5.65. The molecule has 0 unspecified atom stereocenters. The largest absolute Gasteiger partial charge is 0.486 e. The fraction of sp³-hybridized carbons (Fsp3) is 0.455. The highest BCUT2D eigenvalue weighted by molar-refractivity contribution is 7.89. The highest BCUT2D eigenvalue weighted by Crippen LogP contribution is 2.39. The summed E-state index contributed by atoms with van der Waals surface area (Å²) in [4.78, 5) is 4.39. The Kier molecular flexibility index (Phi) is 7.12. The van der Waals surface area contributed by atoms with Gasteiger partial charge in [-0.1, -0.05) is 6.07 Å². The van der Waals surface area contributed by atoms with Gasteiger partial charge in [0.05, 0.1) is 10.6 Å². The van der Waals surface area contributed by atoms with E-state index in [0.29, 0.717) is 25.7 Å². The molecule has 2 aliphatic heterocycles. The number of nitrogens with zero attached hydrogens (tertiary/aromatic N) is 2. The molecule has 2 heterocycles. The van der Waals surface area contributed by atoms with Gasteiger partial charge in [0.25, 0.3) is 0 Å². The summed E-state index contributed by atoms with van der Waals surface area (Å²) in [5.74, 6) is -0.637. The number of fused-ring (bicyclic) bond motifs is 1. The molecule has 0 atom stereocenters. The number of benzene rings is 2. The molecule has 0 saturated carbocycles. The van der Waals surface area contributed by atoms with Gasteiger partial charge in [-0.05, 0) is 49.7 Å². The van der Waals surface area contributed by atoms with E-state index in [4.69, 9.17) is 9.47 Å². The summed E-state index contributed by atoms with van der Waals surface area (Å²) in [6.45, 7) is 5.81. The molecule has 7 nitrogen and oxygen atoms in total. The first-order valence-electron chi connectivity index (χ1n) is 10.7. The molecule has 0 spiro atoms. The summed E-state index contributed by atoms with van der Waals surface area (Å²) in [6, 6.07) is 8.53. The van der Waals surface area contributed by atoms with Crippen LogP contribution in [0.15, 0.2) is 41.3 Å². The summed E-state index contributed by atoms with van der Waals surface area (Å²) in [5, 5.41) is 0. The van der Waals surface area contributed by atoms with Crippen LogP contribution in [0.1, 0.15) is 12.8 Å². The number of rotatable bonds is 8. The first-order chi connectivity index (χ1) is 15.4. The zero-order valence-electron chi connectivity index (χ0n) is 17.7. The van der Waals surface area contributed by atoms with Gasteiger partial charge in [-0.3, -0.25) is 4.90 Å². The van der Waals surface area contributed by atoms with Gasteiger partial charge in [-0.15, -0.1) is 0 Å². The van der Waals surface area contributed by atoms with Gasteiger partial charge >= 0.3 is 0 Å². The number of unbranched alkanes of at least 4 members (excludes halogenated alkanes) is 1. The number of hydrogen-bond acceptors (Lipinski definition) is 6. The van der Waals surface area contributed by atoms with Crippen LogP contribution < -0.4 is 19.1 Å². The van der Waals surface area contributed by atoms with Crippen LogP contribution in [0.4, 0.5) is 14.5 Å². The van der Waals surface area contributed by atoms with Crippen molar-refractivity contribution in [2.75, 3.05) is 57.4 Å². The van der Waals surface area contributed by atoms with E-state index in [2.05, 4.69) is 20.6 Å². The molecule has 0 aliphatic carbocycles. The second-order valence-electron chi connectivity index (χ2n) is 7.81. The first-order valence-corrected chi connectivity index (χ1v) is 12.2. The smallest absolute Gasteiger partial charge is 0.240 e. The van der Waals surface area contributed by atoms with Crippen LogP contribution >= 0.6 is 0 Å². The Bertz CT molecular complexity index is 1040. The molecule has 174 valence electrons. The van der Waals surface area contributed by atoms with Gasteiger partial charge in [-0.2, -0.15) is 0 Å². The maximum Gasteiger partial charge on any atom is 0.240 e. The molecule has 0 bridgehead atoms. The number of nitrogens with one attached hydrogen (secondary N) is 1. The van der Waals surface area contributed by atoms with Gasteiger partial charge in [-0.25, -0.2) is 21.9 Å². The quantitative estimate of drug-likeness (QED) is 0.602. The van der Waals surface area contributed by atoms with Gasteiger partial charge in [0.2, 0.25) is 10.0 Å². The maximum atomic E-state index is 13.3. The Morgan fingerprint density at radius 1 is 0.938 bits per heavy atom. The van der Waals surface area contributed by atoms with Crippen LogP contribution in [0.5, 0.6) is 11.5 Å². The lowest BCUT2D eigenvalue weighted by Gasteiger charge is -2.37. The number of anilines is 1. The fourth-order valence-corrected chi connectivity index (χ4v) is 5.00. The molecule has 0 amide bonds. The van der Waals surface area contributed by atoms with E-state index in [-0.39, 0.29) is 11.4 Å². The Labute approximate surface area is 187 Å². The molecule has 0 radical (unpaired) electrons. The summed E-state index contributed by atoms with van der Waals surface area (Å²) in [7, 11) is -3.85. The Hall–Kier alpha value is -2.43. The molecule has 32 heavy (non-hydrogen) atoms. The second kappa shape index (κ2) is 10.0. The van der Waals surface area contributed by atoms with E-state index >= 15 is 0 Å². The summed E-state index contributed by atoms with van der Waals surface area (Å²) >= 11 is 0. The van der Waals surface area contributed by atoms with Crippen molar-refractivity contribution in [1.82, 2.24) is 9.62 Å². The topological polar surface area (TPSA) is 71.1 Å². The van der Waals surface area contributed by atoms with Crippen LogP contribution in [0.2, 0.25) is 0 Å². The molecule has 1 saturated heterocycles. The molecular weight excluding hydrogens is 440 g/mol. The zero-order chi connectivity index (χ0) is 22.6. The lowest BCUT2D eigenvalue weighted by molar-refractivity contribution is 0.171. The van der Waals surface area contributed by atoms with E-state index < -0.39 is 21.7 Å². The van der Waals surface area contributed by atoms with Crippen molar-refractivity contribution in [2.24, 2.45) is 0 Å². The predicted octanol–water partition coefficient (Wildman–Crippen LogP) is 2.62. The maximum absolute atomic E-state index is 13.3. The number of piperazine rings is 1. The zero-order valence-corrected chi connectivity index (χ0v) is 18.5. The van der Waals surface area contributed by atoms with Crippen molar-refractivity contribution in [3.63, 3.8) is 0 Å². The SMILES string of the molecule is O=S(=O)(NCCCCN1CCN(c2cccc3c2OCCO3)CC1)c1ccc(F)c(F)c1. The van der Waals surface area contributed by atoms with E-state index in [1.807, 2.05) is 12.1 Å². The van der Waals surface area contributed by atoms with Crippen molar-refractivity contribution < 1.29 is 26.7 Å². The van der Waals surface area contributed by atoms with Gasteiger partial charge in [0.1, 0.15) is 13.2 Å². The van der Waals surface area contributed by atoms with Crippen molar-refractivity contribution >= 4 is 15.7 Å². The van der Waals surface area contributed by atoms with Crippen molar-refractivity contribution in [3.05, 3.63) is 48.0 Å². The Morgan fingerprint density at radius 3 is 2.50 bits per heavy atom. The minimum absolute atomic E-state index is 0.245. The standard InChI is InChI=1S/C22H27F2N3O4S/c23-18-7-6-17(16-19(18)24)32(28,29)25-8-1-2-9-26-10-12-27(13-11-26)20-4-3-5-21-22(20)31-15-14-30-21/h3-7,16,25H,1-2,8-15H2. The van der Waals surface area contributed by atoms with E-state index in [0.717, 1.165) is 68.5 Å². The molecule has 2 aliphatic rings. The lowest BCUT2D eigenvalue weighted by Crippen LogP contribution is -2.46. The van der Waals surface area contributed by atoms with Crippen molar-refractivity contribution in [1.29, 1.82) is 0 Å². The number of sulfonamides is 1. The van der Waals surface area contributed by atoms with Crippen LogP contribution in [-0.4, -0.2) is 65.8 Å². The first kappa shape index (κ1) is 22.8. The van der Waals surface area contributed by atoms with Crippen LogP contribution in [0, 0.1) is 11.6 Å². The van der Waals surface area contributed by atoms with Crippen LogP contribution in [0.3, 0.4) is 0 Å². The number of halogens is 2. The molecule has 2 aromatic carbocycles. The van der Waals surface area contributed by atoms with Gasteiger partial charge in [0, 0.05) is 32.7 Å². The molecule has 10 heteroatoms. The number of ether oxygens (including phenoxy) is 2. The van der Waals surface area contributed by atoms with Gasteiger partial charge in [0.15, 0.2) is 23.1 Å². The predicted molar refractivity (Wildman–Crippen MR) is 117 cm³/mol. The Morgan fingerprint density at radius 2 is 1.72 bits per heavy atom. The summed E-state index contributed by atoms with van der Waals surface area (Å²) in [5.41, 5.74) is 1.06. The molecule has 2 aromatic rings. The fourth-order valence-electron chi connectivity index (χ4n) is 3.91. The summed E-state index contributed by atoms with van der Waals surface area (Å²) < 4.78 is 64.6. The molecule has 1 fully saturated rings. The summed E-state index contributed by atoms with van der Waals surface area (Å²) in [6.07, 6.45) is 1.48. The second-order valence-corrected chi connectivity index (χ2v) is 9.58. The van der Waals surface area contributed by atoms with E-state index in [9.17, 15) is 17.2 Å². The third-order valence-corrected chi connectivity index (χ3v) is 7.11. The molecule has 0 aromatic heterocycles. The Balaban J connectivity index is 1.19. The van der Waals surface area contributed by atoms with Crippen molar-refractivity contribution in [2.45, 2.75) is 17.7 Å². The van der Waals surface area contributed by atoms with Crippen molar-refractivity contribution in [3.8, 4) is 11.5 Å². The van der Waals surface area contributed by atoms with E-state index in [1.54, 1.807) is 0 Å². The molecule has 1 N–H and O–H groups in total. The highest BCUT2D eigenvalue weighted by atomic mass is 32.2. The molecule has 4 rings (SSSR count). The average Bonchev–Trinajstić information content (AvgIpc) is 2.80. The third kappa shape index (κ3) is 5.31. The normalized spacial score (nSPS) is 16.9. The molecular formula is C22H27F2N3O4S.